The van der Waals surface area contributed by atoms with Gasteiger partial charge in [0.2, 0.25) is 0 Å². The average molecular weight is 323 g/mol. The Bertz CT molecular complexity index is 539. The maximum atomic E-state index is 12.8. The number of rotatable bonds is 4. The van der Waals surface area contributed by atoms with Gasteiger partial charge in [-0.15, -0.1) is 0 Å². The third-order valence-electron chi connectivity index (χ3n) is 4.54. The molecule has 1 unspecified atom stereocenters. The van der Waals surface area contributed by atoms with Gasteiger partial charge in [-0.3, -0.25) is 0 Å². The summed E-state index contributed by atoms with van der Waals surface area (Å²) in [6.45, 7) is 1.90. The van der Waals surface area contributed by atoms with E-state index in [-0.39, 0.29) is 19.0 Å². The smallest absolute Gasteiger partial charge is 0.321 e. The van der Waals surface area contributed by atoms with Gasteiger partial charge in [0.15, 0.2) is 0 Å². The van der Waals surface area contributed by atoms with E-state index in [4.69, 9.17) is 0 Å². The molecule has 0 aromatic heterocycles. The van der Waals surface area contributed by atoms with Gasteiger partial charge in [0.05, 0.1) is 0 Å². The van der Waals surface area contributed by atoms with Crippen molar-refractivity contribution in [1.82, 2.24) is 4.90 Å². The van der Waals surface area contributed by atoms with Crippen LogP contribution in [0.25, 0.3) is 0 Å². The molecular formula is C17H23F2N3O. The summed E-state index contributed by atoms with van der Waals surface area (Å²) >= 11 is 0. The Morgan fingerprint density at radius 3 is 2.22 bits per heavy atom. The summed E-state index contributed by atoms with van der Waals surface area (Å²) in [6.07, 6.45) is 4.46. The topological polar surface area (TPSA) is 44.4 Å². The molecule has 0 bridgehead atoms. The molecule has 2 fully saturated rings. The maximum absolute atomic E-state index is 12.8. The van der Waals surface area contributed by atoms with Crippen LogP contribution in [0.5, 0.6) is 0 Å². The summed E-state index contributed by atoms with van der Waals surface area (Å²) in [4.78, 5) is 14.1. The van der Waals surface area contributed by atoms with Crippen LogP contribution in [-0.2, 0) is 0 Å². The number of amides is 2. The largest absolute Gasteiger partial charge is 0.385 e. The van der Waals surface area contributed by atoms with Crippen LogP contribution in [-0.4, -0.2) is 36.5 Å². The zero-order chi connectivity index (χ0) is 16.3. The number of urea groups is 1. The Balaban J connectivity index is 1.47. The van der Waals surface area contributed by atoms with Crippen molar-refractivity contribution >= 4 is 17.4 Å². The van der Waals surface area contributed by atoms with Crippen LogP contribution in [0, 0.1) is 5.92 Å². The number of anilines is 2. The summed E-state index contributed by atoms with van der Waals surface area (Å²) in [5, 5.41) is 5.91. The molecule has 1 atom stereocenters. The number of halogens is 2. The maximum Gasteiger partial charge on any atom is 0.321 e. The first-order valence-corrected chi connectivity index (χ1v) is 8.32. The van der Waals surface area contributed by atoms with Gasteiger partial charge in [0.25, 0.3) is 5.92 Å². The predicted octanol–water partition coefficient (Wildman–Crippen LogP) is 4.16. The van der Waals surface area contributed by atoms with E-state index in [2.05, 4.69) is 10.6 Å². The summed E-state index contributed by atoms with van der Waals surface area (Å²) in [5.74, 6) is -3.04. The fourth-order valence-corrected chi connectivity index (χ4v) is 2.88. The Kier molecular flexibility index (Phi) is 4.68. The number of nitrogens with one attached hydrogen (secondary N) is 2. The minimum atomic E-state index is -2.49. The second kappa shape index (κ2) is 6.72. The summed E-state index contributed by atoms with van der Waals surface area (Å²) < 4.78 is 25.6. The average Bonchev–Trinajstić information content (AvgIpc) is 3.23. The van der Waals surface area contributed by atoms with Gasteiger partial charge in [-0.05, 0) is 37.1 Å². The van der Waals surface area contributed by atoms with Crippen LogP contribution in [0.3, 0.4) is 0 Å². The molecule has 2 N–H and O–H groups in total. The van der Waals surface area contributed by atoms with Crippen LogP contribution < -0.4 is 10.6 Å². The van der Waals surface area contributed by atoms with Crippen molar-refractivity contribution in [2.75, 3.05) is 30.3 Å². The van der Waals surface area contributed by atoms with Gasteiger partial charge in [0, 0.05) is 43.3 Å². The molecule has 1 heterocycles. The van der Waals surface area contributed by atoms with Gasteiger partial charge < -0.3 is 15.5 Å². The molecule has 1 saturated heterocycles. The standard InChI is InChI=1S/C17H23F2N3O/c18-17(19)11-13(17)12-20-14-5-7-15(8-6-14)21-16(23)22-9-3-1-2-4-10-22/h5-8,13,20H,1-4,9-12H2,(H,21,23). The van der Waals surface area contributed by atoms with Crippen LogP contribution in [0.15, 0.2) is 24.3 Å². The molecule has 126 valence electrons. The number of carbonyl (C=O) groups excluding carboxylic acids is 1. The molecule has 2 aliphatic rings. The van der Waals surface area contributed by atoms with E-state index in [1.807, 2.05) is 4.90 Å². The third kappa shape index (κ3) is 4.33. The Morgan fingerprint density at radius 2 is 1.65 bits per heavy atom. The summed E-state index contributed by atoms with van der Waals surface area (Å²) in [7, 11) is 0. The quantitative estimate of drug-likeness (QED) is 0.874. The lowest BCUT2D eigenvalue weighted by molar-refractivity contribution is 0.101. The minimum absolute atomic E-state index is 0.0238. The van der Waals surface area contributed by atoms with Crippen molar-refractivity contribution in [1.29, 1.82) is 0 Å². The van der Waals surface area contributed by atoms with Crippen LogP contribution >= 0.6 is 0 Å². The second-order valence-corrected chi connectivity index (χ2v) is 6.45. The predicted molar refractivity (Wildman–Crippen MR) is 87.0 cm³/mol. The number of hydrogen-bond donors (Lipinski definition) is 2. The van der Waals surface area contributed by atoms with Gasteiger partial charge >= 0.3 is 6.03 Å². The van der Waals surface area contributed by atoms with Crippen molar-refractivity contribution < 1.29 is 13.6 Å². The minimum Gasteiger partial charge on any atom is -0.385 e. The van der Waals surface area contributed by atoms with Crippen molar-refractivity contribution in [2.24, 2.45) is 5.92 Å². The monoisotopic (exact) mass is 323 g/mol. The van der Waals surface area contributed by atoms with E-state index in [0.717, 1.165) is 37.3 Å². The Hall–Kier alpha value is -1.85. The number of hydrogen-bond acceptors (Lipinski definition) is 2. The Morgan fingerprint density at radius 1 is 1.09 bits per heavy atom. The van der Waals surface area contributed by atoms with E-state index in [9.17, 15) is 13.6 Å². The van der Waals surface area contributed by atoms with E-state index >= 15 is 0 Å². The third-order valence-corrected chi connectivity index (χ3v) is 4.54. The highest BCUT2D eigenvalue weighted by atomic mass is 19.3. The van der Waals surface area contributed by atoms with E-state index in [0.29, 0.717) is 0 Å². The van der Waals surface area contributed by atoms with Gasteiger partial charge in [-0.25, -0.2) is 13.6 Å². The van der Waals surface area contributed by atoms with Crippen molar-refractivity contribution in [2.45, 2.75) is 38.0 Å². The van der Waals surface area contributed by atoms with Gasteiger partial charge in [-0.2, -0.15) is 0 Å². The molecule has 1 aromatic rings. The molecule has 3 rings (SSSR count). The van der Waals surface area contributed by atoms with Crippen molar-refractivity contribution in [3.63, 3.8) is 0 Å². The molecule has 0 radical (unpaired) electrons. The first-order valence-electron chi connectivity index (χ1n) is 8.32. The summed E-state index contributed by atoms with van der Waals surface area (Å²) in [6, 6.07) is 7.13. The zero-order valence-corrected chi connectivity index (χ0v) is 13.2. The molecule has 4 nitrogen and oxygen atoms in total. The molecular weight excluding hydrogens is 300 g/mol. The number of nitrogens with zero attached hydrogens (tertiary/aromatic N) is 1. The summed E-state index contributed by atoms with van der Waals surface area (Å²) in [5.41, 5.74) is 1.52. The molecule has 1 aliphatic heterocycles. The highest BCUT2D eigenvalue weighted by Crippen LogP contribution is 2.48. The van der Waals surface area contributed by atoms with Gasteiger partial charge in [-0.1, -0.05) is 12.8 Å². The van der Waals surface area contributed by atoms with Crippen molar-refractivity contribution in [3.8, 4) is 0 Å². The van der Waals surface area contributed by atoms with Crippen LogP contribution in [0.2, 0.25) is 0 Å². The molecule has 1 aliphatic carbocycles. The van der Waals surface area contributed by atoms with E-state index in [1.165, 1.54) is 12.8 Å². The number of likely N-dealkylation sites (tertiary alicyclic amines) is 1. The highest BCUT2D eigenvalue weighted by molar-refractivity contribution is 5.89. The Labute approximate surface area is 135 Å². The molecule has 1 aromatic carbocycles. The SMILES string of the molecule is O=C(Nc1ccc(NCC2CC2(F)F)cc1)N1CCCCCC1. The molecule has 0 spiro atoms. The van der Waals surface area contributed by atoms with Crippen LogP contribution in [0.4, 0.5) is 25.0 Å². The first kappa shape index (κ1) is 16.0. The molecule has 2 amide bonds. The normalized spacial score (nSPS) is 23.0. The number of benzene rings is 1. The molecule has 1 saturated carbocycles. The fourth-order valence-electron chi connectivity index (χ4n) is 2.88. The fraction of sp³-hybridized carbons (Fsp3) is 0.588. The lowest BCUT2D eigenvalue weighted by Gasteiger charge is -2.20. The number of carbonyl (C=O) groups is 1. The van der Waals surface area contributed by atoms with Crippen molar-refractivity contribution in [3.05, 3.63) is 24.3 Å². The zero-order valence-electron chi connectivity index (χ0n) is 13.2. The first-order chi connectivity index (χ1) is 11.0. The van der Waals surface area contributed by atoms with Crippen LogP contribution in [0.1, 0.15) is 32.1 Å². The molecule has 6 heteroatoms. The van der Waals surface area contributed by atoms with E-state index < -0.39 is 11.8 Å². The van der Waals surface area contributed by atoms with Gasteiger partial charge in [0.1, 0.15) is 0 Å². The highest BCUT2D eigenvalue weighted by Gasteiger charge is 2.56. The lowest BCUT2D eigenvalue weighted by Crippen LogP contribution is -2.35. The lowest BCUT2D eigenvalue weighted by atomic mass is 10.2. The number of alkyl halides is 2. The second-order valence-electron chi connectivity index (χ2n) is 6.45. The van der Waals surface area contributed by atoms with E-state index in [1.54, 1.807) is 24.3 Å². The molecule has 23 heavy (non-hydrogen) atoms.